The number of dihydropyridines is 1. The molecule has 1 N–H and O–H groups in total. The zero-order valence-electron chi connectivity index (χ0n) is 19.6. The van der Waals surface area contributed by atoms with Crippen molar-refractivity contribution < 1.29 is 23.8 Å². The zero-order valence-corrected chi connectivity index (χ0v) is 21.2. The Balaban J connectivity index is 2.16. The molecule has 1 aromatic rings. The molecular weight excluding hydrogens is 462 g/mol. The van der Waals surface area contributed by atoms with Crippen molar-refractivity contribution in [2.24, 2.45) is 0 Å². The lowest BCUT2D eigenvalue weighted by molar-refractivity contribution is -0.139. The Morgan fingerprint density at radius 2 is 1.88 bits per heavy atom. The van der Waals surface area contributed by atoms with Gasteiger partial charge in [-0.1, -0.05) is 43.0 Å². The topological polar surface area (TPSA) is 73.9 Å². The minimum absolute atomic E-state index is 0.210. The third-order valence-corrected chi connectivity index (χ3v) is 7.76. The second kappa shape index (κ2) is 12.0. The predicted octanol–water partition coefficient (Wildman–Crippen LogP) is 5.33. The van der Waals surface area contributed by atoms with Gasteiger partial charge < -0.3 is 19.5 Å². The molecule has 2 unspecified atom stereocenters. The number of ether oxygens (including phenoxy) is 3. The number of hydrogen-bond donors (Lipinski definition) is 1. The lowest BCUT2D eigenvalue weighted by atomic mass is 9.80. The van der Waals surface area contributed by atoms with Crippen LogP contribution >= 0.6 is 23.4 Å². The second-order valence-electron chi connectivity index (χ2n) is 8.15. The molecule has 2 aliphatic rings. The summed E-state index contributed by atoms with van der Waals surface area (Å²) in [6.07, 6.45) is 5.88. The second-order valence-corrected chi connectivity index (χ2v) is 9.96. The van der Waals surface area contributed by atoms with E-state index in [-0.39, 0.29) is 6.61 Å². The van der Waals surface area contributed by atoms with Crippen molar-refractivity contribution in [3.8, 4) is 0 Å². The molecule has 1 saturated carbocycles. The molecule has 0 saturated heterocycles. The molecule has 1 fully saturated rings. The van der Waals surface area contributed by atoms with E-state index in [1.54, 1.807) is 44.0 Å². The molecule has 3 rings (SSSR count). The van der Waals surface area contributed by atoms with Crippen molar-refractivity contribution >= 4 is 35.3 Å². The van der Waals surface area contributed by atoms with Gasteiger partial charge in [0.2, 0.25) is 0 Å². The van der Waals surface area contributed by atoms with E-state index in [9.17, 15) is 9.59 Å². The van der Waals surface area contributed by atoms with Crippen LogP contribution in [0.1, 0.15) is 57.4 Å². The van der Waals surface area contributed by atoms with Gasteiger partial charge >= 0.3 is 11.9 Å². The SMILES string of the molecule is CCOC(=O)C1=C(C(OC)SC2CCCCC2)NC(C)=C(C(=O)OC)C1c1cccc(Cl)c1. The van der Waals surface area contributed by atoms with Crippen LogP contribution in [0.3, 0.4) is 0 Å². The maximum atomic E-state index is 13.4. The van der Waals surface area contributed by atoms with E-state index in [0.29, 0.717) is 38.4 Å². The molecule has 0 spiro atoms. The Morgan fingerprint density at radius 1 is 1.15 bits per heavy atom. The number of carbonyl (C=O) groups excluding carboxylic acids is 2. The lowest BCUT2D eigenvalue weighted by Crippen LogP contribution is -2.37. The first-order valence-electron chi connectivity index (χ1n) is 11.3. The molecule has 1 aliphatic heterocycles. The average molecular weight is 494 g/mol. The summed E-state index contributed by atoms with van der Waals surface area (Å²) in [6, 6.07) is 7.18. The van der Waals surface area contributed by atoms with Gasteiger partial charge in [-0.2, -0.15) is 0 Å². The Labute approximate surface area is 205 Å². The molecule has 1 heterocycles. The summed E-state index contributed by atoms with van der Waals surface area (Å²) in [6.45, 7) is 3.78. The number of esters is 2. The van der Waals surface area contributed by atoms with E-state index in [4.69, 9.17) is 25.8 Å². The summed E-state index contributed by atoms with van der Waals surface area (Å²) in [5, 5.41) is 4.26. The van der Waals surface area contributed by atoms with Gasteiger partial charge in [0.1, 0.15) is 5.44 Å². The number of rotatable bonds is 8. The highest BCUT2D eigenvalue weighted by Crippen LogP contribution is 2.43. The van der Waals surface area contributed by atoms with Gasteiger partial charge in [0, 0.05) is 23.1 Å². The molecule has 0 radical (unpaired) electrons. The third kappa shape index (κ3) is 5.94. The predicted molar refractivity (Wildman–Crippen MR) is 131 cm³/mol. The smallest absolute Gasteiger partial charge is 0.336 e. The Hall–Kier alpha value is -1.96. The van der Waals surface area contributed by atoms with Crippen LogP contribution in [0.4, 0.5) is 0 Å². The molecule has 180 valence electrons. The zero-order chi connectivity index (χ0) is 24.0. The van der Waals surface area contributed by atoms with Gasteiger partial charge in [0.15, 0.2) is 0 Å². The number of benzene rings is 1. The van der Waals surface area contributed by atoms with E-state index in [2.05, 4.69) is 5.32 Å². The van der Waals surface area contributed by atoms with Crippen LogP contribution in [-0.4, -0.2) is 43.5 Å². The number of thioether (sulfide) groups is 1. The van der Waals surface area contributed by atoms with E-state index >= 15 is 0 Å². The summed E-state index contributed by atoms with van der Waals surface area (Å²) in [5.74, 6) is -1.71. The fourth-order valence-electron chi connectivity index (χ4n) is 4.49. The van der Waals surface area contributed by atoms with Crippen LogP contribution < -0.4 is 5.32 Å². The van der Waals surface area contributed by atoms with Gasteiger partial charge in [0.05, 0.1) is 36.5 Å². The Morgan fingerprint density at radius 3 is 2.48 bits per heavy atom. The first kappa shape index (κ1) is 25.7. The molecule has 0 bridgehead atoms. The molecular formula is C25H32ClNO5S. The lowest BCUT2D eigenvalue weighted by Gasteiger charge is -2.35. The molecule has 0 amide bonds. The highest BCUT2D eigenvalue weighted by atomic mass is 35.5. The minimum Gasteiger partial charge on any atom is -0.466 e. The molecule has 1 aromatic carbocycles. The van der Waals surface area contributed by atoms with Crippen molar-refractivity contribution in [3.63, 3.8) is 0 Å². The van der Waals surface area contributed by atoms with Crippen molar-refractivity contribution in [3.05, 3.63) is 57.4 Å². The minimum atomic E-state index is -0.698. The highest BCUT2D eigenvalue weighted by molar-refractivity contribution is 8.00. The Bertz CT molecular complexity index is 938. The van der Waals surface area contributed by atoms with Crippen molar-refractivity contribution in [2.45, 2.75) is 62.6 Å². The van der Waals surface area contributed by atoms with Crippen LogP contribution in [0.15, 0.2) is 46.8 Å². The molecule has 1 aliphatic carbocycles. The molecule has 6 nitrogen and oxygen atoms in total. The summed E-state index contributed by atoms with van der Waals surface area (Å²) in [7, 11) is 2.97. The number of allylic oxidation sites excluding steroid dienone is 1. The summed E-state index contributed by atoms with van der Waals surface area (Å²) < 4.78 is 16.5. The van der Waals surface area contributed by atoms with Crippen molar-refractivity contribution in [2.75, 3.05) is 20.8 Å². The molecule has 33 heavy (non-hydrogen) atoms. The third-order valence-electron chi connectivity index (χ3n) is 5.99. The summed E-state index contributed by atoms with van der Waals surface area (Å²) in [5.41, 5.74) is 2.22. The van der Waals surface area contributed by atoms with Crippen LogP contribution in [-0.2, 0) is 23.8 Å². The largest absolute Gasteiger partial charge is 0.466 e. The first-order chi connectivity index (χ1) is 15.9. The van der Waals surface area contributed by atoms with Gasteiger partial charge in [0.25, 0.3) is 0 Å². The molecule has 8 heteroatoms. The summed E-state index contributed by atoms with van der Waals surface area (Å²) in [4.78, 5) is 26.2. The van der Waals surface area contributed by atoms with Crippen LogP contribution in [0, 0.1) is 0 Å². The maximum absolute atomic E-state index is 13.4. The van der Waals surface area contributed by atoms with E-state index in [0.717, 1.165) is 12.8 Å². The van der Waals surface area contributed by atoms with E-state index in [1.165, 1.54) is 26.4 Å². The highest BCUT2D eigenvalue weighted by Gasteiger charge is 2.41. The first-order valence-corrected chi connectivity index (χ1v) is 12.6. The monoisotopic (exact) mass is 493 g/mol. The number of methoxy groups -OCH3 is 2. The number of carbonyl (C=O) groups is 2. The van der Waals surface area contributed by atoms with Crippen molar-refractivity contribution in [1.82, 2.24) is 5.32 Å². The van der Waals surface area contributed by atoms with Crippen molar-refractivity contribution in [1.29, 1.82) is 0 Å². The number of hydrogen-bond acceptors (Lipinski definition) is 7. The quantitative estimate of drug-likeness (QED) is 0.387. The number of nitrogens with one attached hydrogen (secondary N) is 1. The number of halogens is 1. The normalized spacial score (nSPS) is 20.3. The Kier molecular flexibility index (Phi) is 9.29. The maximum Gasteiger partial charge on any atom is 0.336 e. The van der Waals surface area contributed by atoms with Crippen LogP contribution in [0.2, 0.25) is 5.02 Å². The van der Waals surface area contributed by atoms with Gasteiger partial charge in [-0.3, -0.25) is 0 Å². The molecule has 0 aromatic heterocycles. The van der Waals surface area contributed by atoms with Gasteiger partial charge in [-0.25, -0.2) is 9.59 Å². The van der Waals surface area contributed by atoms with E-state index < -0.39 is 23.3 Å². The van der Waals surface area contributed by atoms with Gasteiger partial charge in [-0.05, 0) is 44.4 Å². The molecule has 2 atom stereocenters. The summed E-state index contributed by atoms with van der Waals surface area (Å²) >= 11 is 8.01. The fourth-order valence-corrected chi connectivity index (χ4v) is 6.08. The fraction of sp³-hybridized carbons (Fsp3) is 0.520. The van der Waals surface area contributed by atoms with Crippen LogP contribution in [0.5, 0.6) is 0 Å². The van der Waals surface area contributed by atoms with Gasteiger partial charge in [-0.15, -0.1) is 11.8 Å². The van der Waals surface area contributed by atoms with Crippen LogP contribution in [0.25, 0.3) is 0 Å². The standard InChI is InChI=1S/C25H32ClNO5S/c1-5-32-24(29)21-20(16-10-9-11-17(26)14-16)19(23(28)30-3)15(2)27-22(21)25(31-4)33-18-12-7-6-8-13-18/h9-11,14,18,20,25,27H,5-8,12-13H2,1-4H3. The van der Waals surface area contributed by atoms with E-state index in [1.807, 2.05) is 13.0 Å². The average Bonchev–Trinajstić information content (AvgIpc) is 2.82.